The van der Waals surface area contributed by atoms with Crippen LogP contribution in [0.1, 0.15) is 38.3 Å². The number of methoxy groups -OCH3 is 2. The van der Waals surface area contributed by atoms with Crippen LogP contribution >= 0.6 is 0 Å². The average molecular weight is 596 g/mol. The van der Waals surface area contributed by atoms with Crippen LogP contribution in [-0.4, -0.2) is 58.5 Å². The summed E-state index contributed by atoms with van der Waals surface area (Å²) in [4.78, 5) is 29.0. The Bertz CT molecular complexity index is 1440. The molecule has 42 heavy (non-hydrogen) atoms. The zero-order valence-electron chi connectivity index (χ0n) is 25.2. The highest BCUT2D eigenvalue weighted by atomic mass is 32.2. The summed E-state index contributed by atoms with van der Waals surface area (Å²) in [6.45, 7) is 7.85. The van der Waals surface area contributed by atoms with Crippen molar-refractivity contribution in [2.24, 2.45) is 5.92 Å². The van der Waals surface area contributed by atoms with Gasteiger partial charge < -0.3 is 19.7 Å². The third-order valence-electron chi connectivity index (χ3n) is 6.81. The molecule has 0 saturated carbocycles. The molecule has 1 N–H and O–H groups in total. The Morgan fingerprint density at radius 2 is 1.55 bits per heavy atom. The van der Waals surface area contributed by atoms with E-state index in [9.17, 15) is 18.0 Å². The number of carbonyl (C=O) groups is 2. The van der Waals surface area contributed by atoms with Gasteiger partial charge in [-0.05, 0) is 49.1 Å². The van der Waals surface area contributed by atoms with Gasteiger partial charge in [0.15, 0.2) is 11.5 Å². The summed E-state index contributed by atoms with van der Waals surface area (Å²) in [7, 11) is -1.25. The van der Waals surface area contributed by atoms with E-state index < -0.39 is 28.5 Å². The van der Waals surface area contributed by atoms with Crippen molar-refractivity contribution in [3.63, 3.8) is 0 Å². The second kappa shape index (κ2) is 14.7. The van der Waals surface area contributed by atoms with Crippen molar-refractivity contribution in [2.75, 3.05) is 31.6 Å². The number of nitrogens with zero attached hydrogens (tertiary/aromatic N) is 2. The summed E-state index contributed by atoms with van der Waals surface area (Å²) in [5, 5.41) is 2.94. The normalized spacial score (nSPS) is 12.0. The number of hydrogen-bond donors (Lipinski definition) is 1. The van der Waals surface area contributed by atoms with Gasteiger partial charge in [-0.1, -0.05) is 68.8 Å². The molecule has 226 valence electrons. The number of aryl methyl sites for hydroxylation is 1. The van der Waals surface area contributed by atoms with E-state index in [1.54, 1.807) is 30.3 Å². The fraction of sp³-hybridized carbons (Fsp3) is 0.375. The molecule has 10 heteroatoms. The predicted molar refractivity (Wildman–Crippen MR) is 164 cm³/mol. The van der Waals surface area contributed by atoms with Crippen LogP contribution in [0.3, 0.4) is 0 Å². The third-order valence-corrected chi connectivity index (χ3v) is 8.60. The molecule has 1 atom stereocenters. The fourth-order valence-corrected chi connectivity index (χ4v) is 5.89. The summed E-state index contributed by atoms with van der Waals surface area (Å²) in [6, 6.07) is 19.5. The minimum absolute atomic E-state index is 0.0272. The van der Waals surface area contributed by atoms with Crippen LogP contribution in [0.25, 0.3) is 0 Å². The molecule has 0 spiro atoms. The van der Waals surface area contributed by atoms with Crippen molar-refractivity contribution in [2.45, 2.75) is 51.6 Å². The lowest BCUT2D eigenvalue weighted by atomic mass is 10.1. The molecular formula is C32H41N3O6S. The van der Waals surface area contributed by atoms with Crippen LogP contribution in [0.2, 0.25) is 0 Å². The molecule has 0 saturated heterocycles. The molecule has 0 aromatic heterocycles. The second-order valence-electron chi connectivity index (χ2n) is 10.4. The number of amides is 2. The molecule has 9 nitrogen and oxygen atoms in total. The SMILES string of the molecule is CC[C@H](C(=O)NCC(C)C)N(Cc1ccc(C)cc1)C(=O)CN(c1ccc(OC)c(OC)c1)S(=O)(=O)c1ccccc1. The number of hydrogen-bond acceptors (Lipinski definition) is 6. The molecule has 3 aromatic carbocycles. The van der Waals surface area contributed by atoms with E-state index in [-0.39, 0.29) is 29.0 Å². The van der Waals surface area contributed by atoms with Gasteiger partial charge >= 0.3 is 0 Å². The third kappa shape index (κ3) is 8.03. The molecule has 0 radical (unpaired) electrons. The summed E-state index contributed by atoms with van der Waals surface area (Å²) >= 11 is 0. The molecule has 3 aromatic rings. The van der Waals surface area contributed by atoms with Crippen LogP contribution in [0, 0.1) is 12.8 Å². The van der Waals surface area contributed by atoms with Crippen LogP contribution in [-0.2, 0) is 26.2 Å². The molecule has 0 aliphatic heterocycles. The van der Waals surface area contributed by atoms with Gasteiger partial charge in [0.05, 0.1) is 24.8 Å². The number of benzene rings is 3. The fourth-order valence-electron chi connectivity index (χ4n) is 4.46. The highest BCUT2D eigenvalue weighted by Gasteiger charge is 2.34. The van der Waals surface area contributed by atoms with E-state index in [0.29, 0.717) is 24.5 Å². The lowest BCUT2D eigenvalue weighted by molar-refractivity contribution is -0.140. The minimum atomic E-state index is -4.19. The summed E-state index contributed by atoms with van der Waals surface area (Å²) in [5.41, 5.74) is 2.11. The Kier molecular flexibility index (Phi) is 11.4. The van der Waals surface area contributed by atoms with Crippen molar-refractivity contribution < 1.29 is 27.5 Å². The van der Waals surface area contributed by atoms with E-state index in [4.69, 9.17) is 9.47 Å². The maximum Gasteiger partial charge on any atom is 0.264 e. The van der Waals surface area contributed by atoms with Gasteiger partial charge in [-0.2, -0.15) is 0 Å². The highest BCUT2D eigenvalue weighted by Crippen LogP contribution is 2.34. The van der Waals surface area contributed by atoms with Gasteiger partial charge in [0.1, 0.15) is 12.6 Å². The quantitative estimate of drug-likeness (QED) is 0.288. The van der Waals surface area contributed by atoms with Gasteiger partial charge in [-0.25, -0.2) is 8.42 Å². The number of ether oxygens (including phenoxy) is 2. The number of nitrogens with one attached hydrogen (secondary N) is 1. The summed E-state index contributed by atoms with van der Waals surface area (Å²) < 4.78 is 39.8. The van der Waals surface area contributed by atoms with Crippen LogP contribution in [0.4, 0.5) is 5.69 Å². The molecule has 0 bridgehead atoms. The first kappa shape index (κ1) is 32.5. The van der Waals surface area contributed by atoms with E-state index >= 15 is 0 Å². The molecular weight excluding hydrogens is 554 g/mol. The van der Waals surface area contributed by atoms with Gasteiger partial charge in [-0.3, -0.25) is 13.9 Å². The minimum Gasteiger partial charge on any atom is -0.493 e. The van der Waals surface area contributed by atoms with Gasteiger partial charge in [0.25, 0.3) is 10.0 Å². The van der Waals surface area contributed by atoms with Gasteiger partial charge in [0, 0.05) is 19.2 Å². The number of carbonyl (C=O) groups excluding carboxylic acids is 2. The number of sulfonamides is 1. The van der Waals surface area contributed by atoms with Crippen molar-refractivity contribution in [3.8, 4) is 11.5 Å². The van der Waals surface area contributed by atoms with Crippen molar-refractivity contribution in [1.82, 2.24) is 10.2 Å². The van der Waals surface area contributed by atoms with Crippen LogP contribution in [0.5, 0.6) is 11.5 Å². The molecule has 0 unspecified atom stereocenters. The van der Waals surface area contributed by atoms with Gasteiger partial charge in [0.2, 0.25) is 11.8 Å². The summed E-state index contributed by atoms with van der Waals surface area (Å²) in [5.74, 6) is 0.154. The molecule has 2 amide bonds. The zero-order valence-corrected chi connectivity index (χ0v) is 26.0. The van der Waals surface area contributed by atoms with E-state index in [1.165, 1.54) is 37.3 Å². The number of anilines is 1. The van der Waals surface area contributed by atoms with Crippen LogP contribution in [0.15, 0.2) is 77.7 Å². The lowest BCUT2D eigenvalue weighted by Gasteiger charge is -2.33. The topological polar surface area (TPSA) is 105 Å². The highest BCUT2D eigenvalue weighted by molar-refractivity contribution is 7.92. The Hall–Kier alpha value is -4.05. The Morgan fingerprint density at radius 1 is 0.905 bits per heavy atom. The maximum atomic E-state index is 14.2. The monoisotopic (exact) mass is 595 g/mol. The van der Waals surface area contributed by atoms with E-state index in [2.05, 4.69) is 5.32 Å². The predicted octanol–water partition coefficient (Wildman–Crippen LogP) is 4.79. The van der Waals surface area contributed by atoms with Crippen molar-refractivity contribution in [3.05, 3.63) is 83.9 Å². The first-order chi connectivity index (χ1) is 20.0. The van der Waals surface area contributed by atoms with E-state index in [0.717, 1.165) is 15.4 Å². The lowest BCUT2D eigenvalue weighted by Crippen LogP contribution is -2.52. The van der Waals surface area contributed by atoms with E-state index in [1.807, 2.05) is 52.0 Å². The number of rotatable bonds is 14. The Balaban J connectivity index is 2.08. The average Bonchev–Trinajstić information content (AvgIpc) is 2.99. The zero-order chi connectivity index (χ0) is 30.9. The largest absolute Gasteiger partial charge is 0.493 e. The molecule has 0 aliphatic carbocycles. The first-order valence-corrected chi connectivity index (χ1v) is 15.4. The maximum absolute atomic E-state index is 14.2. The van der Waals surface area contributed by atoms with Crippen molar-refractivity contribution in [1.29, 1.82) is 0 Å². The first-order valence-electron chi connectivity index (χ1n) is 13.9. The van der Waals surface area contributed by atoms with Crippen molar-refractivity contribution >= 4 is 27.5 Å². The molecule has 0 fully saturated rings. The second-order valence-corrected chi connectivity index (χ2v) is 12.3. The summed E-state index contributed by atoms with van der Waals surface area (Å²) in [6.07, 6.45) is 0.351. The Labute approximate surface area is 249 Å². The molecule has 3 rings (SSSR count). The smallest absolute Gasteiger partial charge is 0.264 e. The molecule has 0 aliphatic rings. The standard InChI is InChI=1S/C32H41N3O6S/c1-7-28(32(37)33-20-23(2)3)34(21-25-15-13-24(4)14-16-25)31(36)22-35(42(38,39)27-11-9-8-10-12-27)26-17-18-29(40-5)30(19-26)41-6/h8-19,23,28H,7,20-22H2,1-6H3,(H,33,37)/t28-/m1/s1. The Morgan fingerprint density at radius 3 is 2.12 bits per heavy atom. The van der Waals surface area contributed by atoms with Gasteiger partial charge in [-0.15, -0.1) is 0 Å². The van der Waals surface area contributed by atoms with Crippen LogP contribution < -0.4 is 19.1 Å². The molecule has 0 heterocycles.